The number of carbonyl (C=O) groups is 1. The van der Waals surface area contributed by atoms with E-state index in [1.807, 2.05) is 0 Å². The number of hydrogen-bond donors (Lipinski definition) is 3. The fourth-order valence-electron chi connectivity index (χ4n) is 3.58. The summed E-state index contributed by atoms with van der Waals surface area (Å²) < 4.78 is 47.9. The summed E-state index contributed by atoms with van der Waals surface area (Å²) in [4.78, 5) is 21.7. The predicted molar refractivity (Wildman–Crippen MR) is 124 cm³/mol. The van der Waals surface area contributed by atoms with Gasteiger partial charge in [0.25, 0.3) is 5.91 Å². The number of aryl methyl sites for hydroxylation is 2. The number of anilines is 1. The first-order chi connectivity index (χ1) is 17.1. The number of nitrogens with one attached hydrogen (secondary N) is 1. The van der Waals surface area contributed by atoms with Gasteiger partial charge in [0.2, 0.25) is 0 Å². The van der Waals surface area contributed by atoms with Crippen LogP contribution in [0.25, 0.3) is 16.9 Å². The molecule has 1 aromatic carbocycles. The molecule has 0 aliphatic heterocycles. The molecule has 0 radical (unpaired) electrons. The second-order valence-electron chi connectivity index (χ2n) is 7.98. The average molecular weight is 501 g/mol. The van der Waals surface area contributed by atoms with Gasteiger partial charge in [0.15, 0.2) is 17.1 Å². The van der Waals surface area contributed by atoms with Crippen LogP contribution < -0.4 is 10.1 Å². The van der Waals surface area contributed by atoms with Crippen LogP contribution in [0, 0.1) is 13.8 Å². The molecule has 4 aromatic rings. The molecule has 3 N–H and O–H groups in total. The van der Waals surface area contributed by atoms with Crippen LogP contribution in [0.5, 0.6) is 5.75 Å². The Hall–Kier alpha value is -4.03. The molecule has 4 rings (SSSR count). The summed E-state index contributed by atoms with van der Waals surface area (Å²) in [6.45, 7) is 2.35. The van der Waals surface area contributed by atoms with Gasteiger partial charge in [-0.05, 0) is 32.0 Å². The Morgan fingerprint density at radius 1 is 1.14 bits per heavy atom. The number of halogens is 3. The summed E-state index contributed by atoms with van der Waals surface area (Å²) in [6, 6.07) is 11.2. The first-order valence-corrected chi connectivity index (χ1v) is 10.8. The molecule has 0 saturated carbocycles. The number of aromatic nitrogens is 4. The van der Waals surface area contributed by atoms with Crippen molar-refractivity contribution in [1.82, 2.24) is 19.6 Å². The summed E-state index contributed by atoms with van der Waals surface area (Å²) in [5.74, 6) is -0.385. The lowest BCUT2D eigenvalue weighted by Gasteiger charge is -2.15. The molecule has 1 amide bonds. The normalized spacial score (nSPS) is 12.5. The Kier molecular flexibility index (Phi) is 6.91. The van der Waals surface area contributed by atoms with Gasteiger partial charge in [-0.3, -0.25) is 4.79 Å². The highest BCUT2D eigenvalue weighted by atomic mass is 19.4. The van der Waals surface area contributed by atoms with Gasteiger partial charge >= 0.3 is 6.18 Å². The summed E-state index contributed by atoms with van der Waals surface area (Å²) in [5, 5.41) is 25.8. The van der Waals surface area contributed by atoms with E-state index < -0.39 is 30.4 Å². The van der Waals surface area contributed by atoms with E-state index in [0.29, 0.717) is 5.69 Å². The van der Waals surface area contributed by atoms with Gasteiger partial charge < -0.3 is 20.3 Å². The van der Waals surface area contributed by atoms with Crippen LogP contribution in [0.3, 0.4) is 0 Å². The molecular formula is C24H22F3N5O4. The van der Waals surface area contributed by atoms with Gasteiger partial charge in [-0.1, -0.05) is 24.3 Å². The van der Waals surface area contributed by atoms with Crippen molar-refractivity contribution >= 4 is 17.4 Å². The molecule has 0 aliphatic rings. The number of fused-ring (bicyclic) bond motifs is 1. The van der Waals surface area contributed by atoms with Crippen molar-refractivity contribution in [3.8, 4) is 17.0 Å². The quantitative estimate of drug-likeness (QED) is 0.355. The fraction of sp³-hybridized carbons (Fsp3) is 0.250. The molecule has 12 heteroatoms. The molecule has 0 unspecified atom stereocenters. The molecule has 0 bridgehead atoms. The molecule has 1 atom stereocenters. The number of aliphatic hydroxyl groups excluding tert-OH is 2. The molecule has 0 aliphatic carbocycles. The number of imidazole rings is 1. The van der Waals surface area contributed by atoms with E-state index >= 15 is 0 Å². The largest absolute Gasteiger partial charge is 0.487 e. The Balaban J connectivity index is 1.88. The molecule has 0 saturated heterocycles. The number of alkyl halides is 3. The number of nitrogens with zero attached hydrogens (tertiary/aromatic N) is 4. The Morgan fingerprint density at radius 2 is 1.89 bits per heavy atom. The van der Waals surface area contributed by atoms with Crippen molar-refractivity contribution in [3.05, 3.63) is 71.2 Å². The van der Waals surface area contributed by atoms with E-state index in [0.717, 1.165) is 10.6 Å². The highest BCUT2D eigenvalue weighted by Crippen LogP contribution is 2.37. The van der Waals surface area contributed by atoms with Gasteiger partial charge in [-0.2, -0.15) is 18.3 Å². The second kappa shape index (κ2) is 9.91. The summed E-state index contributed by atoms with van der Waals surface area (Å²) >= 11 is 0. The zero-order valence-corrected chi connectivity index (χ0v) is 19.2. The lowest BCUT2D eigenvalue weighted by Crippen LogP contribution is -2.22. The van der Waals surface area contributed by atoms with Crippen LogP contribution in [0.4, 0.5) is 19.0 Å². The smallest absolute Gasteiger partial charge is 0.417 e. The van der Waals surface area contributed by atoms with E-state index in [9.17, 15) is 23.1 Å². The van der Waals surface area contributed by atoms with Crippen LogP contribution in [0.15, 0.2) is 48.5 Å². The summed E-state index contributed by atoms with van der Waals surface area (Å²) in [7, 11) is 0. The highest BCUT2D eigenvalue weighted by molar-refractivity contribution is 6.04. The van der Waals surface area contributed by atoms with E-state index in [-0.39, 0.29) is 46.5 Å². The third kappa shape index (κ3) is 5.14. The average Bonchev–Trinajstić information content (AvgIpc) is 3.17. The predicted octanol–water partition coefficient (Wildman–Crippen LogP) is 3.41. The van der Waals surface area contributed by atoms with Gasteiger partial charge in [0.1, 0.15) is 18.5 Å². The number of ether oxygens (including phenoxy) is 1. The first kappa shape index (κ1) is 25.1. The summed E-state index contributed by atoms with van der Waals surface area (Å²) in [6.07, 6.45) is -5.90. The third-order valence-corrected chi connectivity index (χ3v) is 5.22. The van der Waals surface area contributed by atoms with Gasteiger partial charge in [0, 0.05) is 17.3 Å². The summed E-state index contributed by atoms with van der Waals surface area (Å²) in [5.41, 5.74) is -0.376. The minimum absolute atomic E-state index is 0.0275. The monoisotopic (exact) mass is 501 g/mol. The number of amides is 1. The fourth-order valence-corrected chi connectivity index (χ4v) is 3.58. The van der Waals surface area contributed by atoms with Crippen LogP contribution in [-0.4, -0.2) is 55.0 Å². The molecule has 188 valence electrons. The topological polar surface area (TPSA) is 122 Å². The lowest BCUT2D eigenvalue weighted by molar-refractivity contribution is -0.137. The van der Waals surface area contributed by atoms with Crippen molar-refractivity contribution < 1.29 is 32.9 Å². The first-order valence-electron chi connectivity index (χ1n) is 10.8. The van der Waals surface area contributed by atoms with Gasteiger partial charge in [-0.15, -0.1) is 0 Å². The molecule has 36 heavy (non-hydrogen) atoms. The van der Waals surface area contributed by atoms with Crippen LogP contribution >= 0.6 is 0 Å². The SMILES string of the molecule is Cc1cccc(NC(=O)c2c(C)nc3c(OC[C@H](O)CO)cc(-c4ccccc4C(F)(F)F)nn23)n1. The number of aliphatic hydroxyl groups is 2. The minimum Gasteiger partial charge on any atom is -0.487 e. The van der Waals surface area contributed by atoms with Gasteiger partial charge in [-0.25, -0.2) is 14.5 Å². The lowest BCUT2D eigenvalue weighted by atomic mass is 10.0. The molecular weight excluding hydrogens is 479 g/mol. The molecule has 0 fully saturated rings. The highest BCUT2D eigenvalue weighted by Gasteiger charge is 2.34. The number of carbonyl (C=O) groups excluding carboxylic acids is 1. The van der Waals surface area contributed by atoms with Gasteiger partial charge in [0.05, 0.1) is 23.6 Å². The molecule has 3 aromatic heterocycles. The maximum Gasteiger partial charge on any atom is 0.417 e. The van der Waals surface area contributed by atoms with Crippen molar-refractivity contribution in [1.29, 1.82) is 0 Å². The molecule has 9 nitrogen and oxygen atoms in total. The van der Waals surface area contributed by atoms with Crippen LogP contribution in [0.2, 0.25) is 0 Å². The van der Waals surface area contributed by atoms with Crippen LogP contribution in [-0.2, 0) is 6.18 Å². The maximum absolute atomic E-state index is 13.7. The van der Waals surface area contributed by atoms with Crippen LogP contribution in [0.1, 0.15) is 27.4 Å². The zero-order valence-electron chi connectivity index (χ0n) is 19.2. The third-order valence-electron chi connectivity index (χ3n) is 5.22. The van der Waals surface area contributed by atoms with Crippen molar-refractivity contribution in [2.24, 2.45) is 0 Å². The number of pyridine rings is 1. The maximum atomic E-state index is 13.7. The van der Waals surface area contributed by atoms with Crippen molar-refractivity contribution in [2.45, 2.75) is 26.1 Å². The zero-order chi connectivity index (χ0) is 26.0. The van der Waals surface area contributed by atoms with Crippen molar-refractivity contribution in [2.75, 3.05) is 18.5 Å². The van der Waals surface area contributed by atoms with E-state index in [2.05, 4.69) is 20.4 Å². The van der Waals surface area contributed by atoms with Crippen molar-refractivity contribution in [3.63, 3.8) is 0 Å². The van der Waals surface area contributed by atoms with E-state index in [1.165, 1.54) is 24.3 Å². The Labute approximate surface area is 203 Å². The second-order valence-corrected chi connectivity index (χ2v) is 7.98. The Bertz CT molecular complexity index is 1420. The minimum atomic E-state index is -4.66. The van der Waals surface area contributed by atoms with E-state index in [4.69, 9.17) is 9.84 Å². The number of benzene rings is 1. The molecule has 0 spiro atoms. The molecule has 3 heterocycles. The number of rotatable bonds is 7. The number of hydrogen-bond acceptors (Lipinski definition) is 7. The van der Waals surface area contributed by atoms with E-state index in [1.54, 1.807) is 32.0 Å². The standard InChI is InChI=1S/C24H22F3N5O4/c1-13-6-5-9-20(28-13)30-23(35)21-14(2)29-22-19(36-12-15(34)11-33)10-18(31-32(21)22)16-7-3-4-8-17(16)24(25,26)27/h3-10,15,33-34H,11-12H2,1-2H3,(H,28,30,35)/t15-/m1/s1. The Morgan fingerprint density at radius 3 is 2.58 bits per heavy atom.